The molecule has 0 saturated carbocycles. The van der Waals surface area contributed by atoms with Crippen LogP contribution in [0, 0.1) is 0 Å². The Balaban J connectivity index is 1.62. The Labute approximate surface area is 212 Å². The second kappa shape index (κ2) is 12.7. The van der Waals surface area contributed by atoms with Crippen molar-refractivity contribution >= 4 is 51.1 Å². The zero-order valence-electron chi connectivity index (χ0n) is 18.7. The normalized spacial score (nSPS) is 10.6. The van der Waals surface area contributed by atoms with E-state index in [4.69, 9.17) is 26.4 Å². The molecule has 0 amide bonds. The molecular weight excluding hydrogens is 518 g/mol. The summed E-state index contributed by atoms with van der Waals surface area (Å²) in [5, 5.41) is 7.49. The third-order valence-corrected chi connectivity index (χ3v) is 5.14. The number of nitrogens with one attached hydrogen (secondary N) is 2. The van der Waals surface area contributed by atoms with Crippen LogP contribution in [-0.2, 0) is 0 Å². The SMILES string of the molecule is CCCOc1ccc(C(=O)Oc2ccc(Br)cc2/C=N/NC(=S)Nc2ccc(OC)cc2)cc1. The molecule has 3 aromatic rings. The summed E-state index contributed by atoms with van der Waals surface area (Å²) in [6, 6.07) is 19.4. The predicted molar refractivity (Wildman–Crippen MR) is 141 cm³/mol. The molecule has 0 aliphatic heterocycles. The molecule has 0 atom stereocenters. The lowest BCUT2D eigenvalue weighted by molar-refractivity contribution is 0.0734. The molecule has 176 valence electrons. The summed E-state index contributed by atoms with van der Waals surface area (Å²) in [7, 11) is 1.61. The molecule has 0 bridgehead atoms. The standard InChI is InChI=1S/C25H24BrN3O4S/c1-3-14-32-22-9-4-17(5-10-22)24(30)33-23-13-6-19(26)15-18(23)16-27-29-25(34)28-20-7-11-21(31-2)12-8-20/h4-13,15-16H,3,14H2,1-2H3,(H2,28,29,34)/b27-16+. The van der Waals surface area contributed by atoms with Gasteiger partial charge in [0.25, 0.3) is 0 Å². The highest BCUT2D eigenvalue weighted by atomic mass is 79.9. The van der Waals surface area contributed by atoms with E-state index in [2.05, 4.69) is 31.8 Å². The zero-order chi connectivity index (χ0) is 24.3. The molecule has 0 fully saturated rings. The highest BCUT2D eigenvalue weighted by Crippen LogP contribution is 2.23. The summed E-state index contributed by atoms with van der Waals surface area (Å²) in [5.74, 6) is 1.34. The molecule has 0 aliphatic rings. The van der Waals surface area contributed by atoms with Crippen LogP contribution in [0.1, 0.15) is 29.3 Å². The fraction of sp³-hybridized carbons (Fsp3) is 0.160. The molecule has 34 heavy (non-hydrogen) atoms. The van der Waals surface area contributed by atoms with Crippen molar-refractivity contribution in [3.05, 3.63) is 82.3 Å². The second-order valence-electron chi connectivity index (χ2n) is 7.00. The van der Waals surface area contributed by atoms with E-state index in [1.807, 2.05) is 31.2 Å². The maximum absolute atomic E-state index is 12.6. The number of rotatable bonds is 9. The monoisotopic (exact) mass is 541 g/mol. The number of hydrogen-bond acceptors (Lipinski definition) is 6. The van der Waals surface area contributed by atoms with Gasteiger partial charge in [0, 0.05) is 15.7 Å². The Hall–Kier alpha value is -3.43. The zero-order valence-corrected chi connectivity index (χ0v) is 21.1. The highest BCUT2D eigenvalue weighted by Gasteiger charge is 2.12. The van der Waals surface area contributed by atoms with E-state index in [1.54, 1.807) is 49.6 Å². The molecule has 0 aliphatic carbocycles. The second-order valence-corrected chi connectivity index (χ2v) is 8.32. The van der Waals surface area contributed by atoms with Crippen LogP contribution in [0.3, 0.4) is 0 Å². The minimum Gasteiger partial charge on any atom is -0.497 e. The minimum atomic E-state index is -0.483. The number of hydrogen-bond donors (Lipinski definition) is 2. The van der Waals surface area contributed by atoms with Crippen molar-refractivity contribution in [2.45, 2.75) is 13.3 Å². The van der Waals surface area contributed by atoms with Gasteiger partial charge in [-0.2, -0.15) is 5.10 Å². The van der Waals surface area contributed by atoms with Gasteiger partial charge >= 0.3 is 5.97 Å². The first-order valence-electron chi connectivity index (χ1n) is 10.5. The van der Waals surface area contributed by atoms with Gasteiger partial charge in [-0.15, -0.1) is 0 Å². The summed E-state index contributed by atoms with van der Waals surface area (Å²) < 4.78 is 17.1. The quantitative estimate of drug-likeness (QED) is 0.117. The number of methoxy groups -OCH3 is 1. The molecule has 0 unspecified atom stereocenters. The first-order chi connectivity index (χ1) is 16.5. The maximum atomic E-state index is 12.6. The van der Waals surface area contributed by atoms with Crippen molar-refractivity contribution in [3.8, 4) is 17.2 Å². The maximum Gasteiger partial charge on any atom is 0.343 e. The van der Waals surface area contributed by atoms with Crippen LogP contribution in [0.2, 0.25) is 0 Å². The fourth-order valence-corrected chi connectivity index (χ4v) is 3.32. The third-order valence-electron chi connectivity index (χ3n) is 4.45. The molecule has 3 rings (SSSR count). The first kappa shape index (κ1) is 25.2. The Kier molecular flexibility index (Phi) is 9.42. The topological polar surface area (TPSA) is 81.2 Å². The highest BCUT2D eigenvalue weighted by molar-refractivity contribution is 9.10. The molecule has 7 nitrogen and oxygen atoms in total. The number of ether oxygens (including phenoxy) is 3. The number of hydrazone groups is 1. The van der Waals surface area contributed by atoms with Crippen molar-refractivity contribution in [2.24, 2.45) is 5.10 Å². The van der Waals surface area contributed by atoms with Crippen LogP contribution in [0.5, 0.6) is 17.2 Å². The summed E-state index contributed by atoms with van der Waals surface area (Å²) in [6.45, 7) is 2.66. The van der Waals surface area contributed by atoms with E-state index in [0.29, 0.717) is 34.3 Å². The number of esters is 1. The van der Waals surface area contributed by atoms with Gasteiger partial charge < -0.3 is 19.5 Å². The van der Waals surface area contributed by atoms with Crippen molar-refractivity contribution < 1.29 is 19.0 Å². The van der Waals surface area contributed by atoms with Crippen molar-refractivity contribution in [1.29, 1.82) is 0 Å². The van der Waals surface area contributed by atoms with Crippen molar-refractivity contribution in [3.63, 3.8) is 0 Å². The largest absolute Gasteiger partial charge is 0.497 e. The third kappa shape index (κ3) is 7.57. The van der Waals surface area contributed by atoms with Crippen LogP contribution in [0.25, 0.3) is 0 Å². The fourth-order valence-electron chi connectivity index (χ4n) is 2.77. The average Bonchev–Trinajstić information content (AvgIpc) is 2.85. The number of nitrogens with zero attached hydrogens (tertiary/aromatic N) is 1. The van der Waals surface area contributed by atoms with Gasteiger partial charge in [0.05, 0.1) is 25.5 Å². The van der Waals surface area contributed by atoms with Crippen LogP contribution < -0.4 is 25.0 Å². The summed E-state index contributed by atoms with van der Waals surface area (Å²) in [4.78, 5) is 12.6. The average molecular weight is 542 g/mol. The molecule has 0 aromatic heterocycles. The van der Waals surface area contributed by atoms with Gasteiger partial charge in [-0.25, -0.2) is 4.79 Å². The molecule has 0 spiro atoms. The number of halogens is 1. The Morgan fingerprint density at radius 2 is 1.76 bits per heavy atom. The van der Waals surface area contributed by atoms with Crippen LogP contribution in [0.15, 0.2) is 76.3 Å². The smallest absolute Gasteiger partial charge is 0.343 e. The van der Waals surface area contributed by atoms with E-state index >= 15 is 0 Å². The van der Waals surface area contributed by atoms with Gasteiger partial charge in [-0.1, -0.05) is 22.9 Å². The summed E-state index contributed by atoms with van der Waals surface area (Å²) in [5.41, 5.74) is 4.54. The van der Waals surface area contributed by atoms with Gasteiger partial charge in [-0.3, -0.25) is 5.43 Å². The molecule has 0 saturated heterocycles. The first-order valence-corrected chi connectivity index (χ1v) is 11.7. The van der Waals surface area contributed by atoms with Crippen LogP contribution in [0.4, 0.5) is 5.69 Å². The summed E-state index contributed by atoms with van der Waals surface area (Å²) in [6.07, 6.45) is 2.44. The number of carbonyl (C=O) groups is 1. The lowest BCUT2D eigenvalue weighted by Gasteiger charge is -2.10. The molecule has 3 aromatic carbocycles. The van der Waals surface area contributed by atoms with Gasteiger partial charge in [-0.05, 0) is 85.4 Å². The van der Waals surface area contributed by atoms with E-state index in [9.17, 15) is 4.79 Å². The number of thiocarbonyl (C=S) groups is 1. The van der Waals surface area contributed by atoms with Gasteiger partial charge in [0.2, 0.25) is 0 Å². The Bertz CT molecular complexity index is 1150. The van der Waals surface area contributed by atoms with Crippen LogP contribution >= 0.6 is 28.1 Å². The van der Waals surface area contributed by atoms with Gasteiger partial charge in [0.1, 0.15) is 17.2 Å². The molecule has 0 radical (unpaired) electrons. The van der Waals surface area contributed by atoms with Crippen molar-refractivity contribution in [2.75, 3.05) is 19.0 Å². The Morgan fingerprint density at radius 1 is 1.06 bits per heavy atom. The Morgan fingerprint density at radius 3 is 2.44 bits per heavy atom. The van der Waals surface area contributed by atoms with Gasteiger partial charge in [0.15, 0.2) is 5.11 Å². The molecule has 0 heterocycles. The predicted octanol–water partition coefficient (Wildman–Crippen LogP) is 5.79. The van der Waals surface area contributed by atoms with Crippen molar-refractivity contribution in [1.82, 2.24) is 5.43 Å². The van der Waals surface area contributed by atoms with E-state index in [-0.39, 0.29) is 0 Å². The molecular formula is C25H24BrN3O4S. The van der Waals surface area contributed by atoms with E-state index in [0.717, 1.165) is 22.3 Å². The molecule has 9 heteroatoms. The molecule has 2 N–H and O–H groups in total. The van der Waals surface area contributed by atoms with E-state index in [1.165, 1.54) is 6.21 Å². The van der Waals surface area contributed by atoms with Crippen LogP contribution in [-0.4, -0.2) is 31.0 Å². The minimum absolute atomic E-state index is 0.306. The number of anilines is 1. The lowest BCUT2D eigenvalue weighted by Crippen LogP contribution is -2.23. The lowest BCUT2D eigenvalue weighted by atomic mass is 10.2. The summed E-state index contributed by atoms with van der Waals surface area (Å²) >= 11 is 8.70. The number of benzene rings is 3. The number of carbonyl (C=O) groups excluding carboxylic acids is 1. The van der Waals surface area contributed by atoms with E-state index < -0.39 is 5.97 Å².